The zero-order valence-electron chi connectivity index (χ0n) is 24.1. The second kappa shape index (κ2) is 11.8. The number of halogens is 2. The summed E-state index contributed by atoms with van der Waals surface area (Å²) >= 11 is 0. The Morgan fingerprint density at radius 2 is 1.91 bits per heavy atom. The van der Waals surface area contributed by atoms with Crippen molar-refractivity contribution in [1.29, 1.82) is 0 Å². The molecule has 0 aliphatic carbocycles. The Morgan fingerprint density at radius 3 is 2.61 bits per heavy atom. The van der Waals surface area contributed by atoms with Crippen LogP contribution in [0.15, 0.2) is 45.8 Å². The summed E-state index contributed by atoms with van der Waals surface area (Å²) in [4.78, 5) is 34.2. The summed E-state index contributed by atoms with van der Waals surface area (Å²) in [6.45, 7) is 2.95. The van der Waals surface area contributed by atoms with Crippen LogP contribution in [0, 0.1) is 11.6 Å². The summed E-state index contributed by atoms with van der Waals surface area (Å²) < 4.78 is 50.5. The van der Waals surface area contributed by atoms with Crippen LogP contribution in [0.4, 0.5) is 20.4 Å². The van der Waals surface area contributed by atoms with E-state index in [-0.39, 0.29) is 35.2 Å². The van der Waals surface area contributed by atoms with E-state index in [1.165, 1.54) is 21.4 Å². The number of anilines is 2. The maximum Gasteiger partial charge on any atom is 0.330 e. The number of nitrogens with zero attached hydrogens (tertiary/aromatic N) is 7. The van der Waals surface area contributed by atoms with E-state index >= 15 is 0 Å². The highest BCUT2D eigenvalue weighted by Crippen LogP contribution is 2.27. The number of fused-ring (bicyclic) bond motifs is 3. The molecule has 0 bridgehead atoms. The van der Waals surface area contributed by atoms with Crippen molar-refractivity contribution in [2.45, 2.75) is 6.54 Å². The van der Waals surface area contributed by atoms with Crippen LogP contribution < -0.4 is 21.6 Å². The lowest BCUT2D eigenvalue weighted by atomic mass is 10.1. The number of aromatic nitrogens is 5. The van der Waals surface area contributed by atoms with Crippen LogP contribution >= 0.6 is 0 Å². The van der Waals surface area contributed by atoms with Crippen molar-refractivity contribution < 1.29 is 22.2 Å². The van der Waals surface area contributed by atoms with Gasteiger partial charge in [-0.1, -0.05) is 0 Å². The number of hydrogen-bond acceptors (Lipinski definition) is 9. The van der Waals surface area contributed by atoms with Gasteiger partial charge in [0.1, 0.15) is 22.8 Å². The molecule has 3 N–H and O–H groups in total. The number of carbonyl (C=O) groups excluding carboxylic acids is 1. The number of amides is 1. The third kappa shape index (κ3) is 5.45. The summed E-state index contributed by atoms with van der Waals surface area (Å²) in [6.07, 6.45) is 3.06. The molecule has 0 unspecified atom stereocenters. The Morgan fingerprint density at radius 1 is 1.14 bits per heavy atom. The van der Waals surface area contributed by atoms with Gasteiger partial charge < -0.3 is 20.4 Å². The minimum atomic E-state index is -1.11. The second-order valence-electron chi connectivity index (χ2n) is 10.6. The van der Waals surface area contributed by atoms with Crippen LogP contribution in [-0.2, 0) is 24.4 Å². The number of nitrogens with two attached hydrogens (primary N) is 1. The average Bonchev–Trinajstić information content (AvgIpc) is 3.72. The summed E-state index contributed by atoms with van der Waals surface area (Å²) in [7, 11) is 0.565. The number of piperazine rings is 1. The van der Waals surface area contributed by atoms with Gasteiger partial charge in [-0.15, -0.1) is 0 Å². The first kappa shape index (κ1) is 29.5. The number of benzene rings is 1. The standard InChI is InChI=1S/C28H31F2N9O4S/c1-35-24-22-16-20(23-4-3-12-43-23)34-39(22)27(31)33-25(24)38(28(35)41)11-8-36-6-9-37(10-7-36)21-14-17(18(29)15-19(21)30)26(40)32-5-13-44(2)42/h3-4,12,14-16H,5-11,13H2,1-2H3,(H2,31,33)(H,32,40)/t44-/m1/s1. The van der Waals surface area contributed by atoms with Gasteiger partial charge in [-0.2, -0.15) is 14.6 Å². The quantitative estimate of drug-likeness (QED) is 0.248. The fourth-order valence-electron chi connectivity index (χ4n) is 5.48. The van der Waals surface area contributed by atoms with E-state index in [0.717, 1.165) is 6.07 Å². The summed E-state index contributed by atoms with van der Waals surface area (Å²) in [5.74, 6) is -1.47. The van der Waals surface area contributed by atoms with Gasteiger partial charge in [0.2, 0.25) is 5.95 Å². The predicted molar refractivity (Wildman–Crippen MR) is 162 cm³/mol. The molecule has 13 nitrogen and oxygen atoms in total. The first-order valence-electron chi connectivity index (χ1n) is 13.9. The molecular formula is C28H31F2N9O4S. The van der Waals surface area contributed by atoms with Gasteiger partial charge in [-0.3, -0.25) is 23.0 Å². The summed E-state index contributed by atoms with van der Waals surface area (Å²) in [6, 6.07) is 7.29. The summed E-state index contributed by atoms with van der Waals surface area (Å²) in [5, 5.41) is 7.03. The van der Waals surface area contributed by atoms with Crippen molar-refractivity contribution in [2.24, 2.45) is 7.05 Å². The minimum Gasteiger partial charge on any atom is -0.463 e. The molecule has 5 aromatic rings. The highest BCUT2D eigenvalue weighted by atomic mass is 32.2. The van der Waals surface area contributed by atoms with E-state index in [9.17, 15) is 22.6 Å². The lowest BCUT2D eigenvalue weighted by molar-refractivity contribution is 0.0952. The third-order valence-corrected chi connectivity index (χ3v) is 8.57. The molecule has 1 aliphatic heterocycles. The molecule has 1 fully saturated rings. The number of hydrogen-bond donors (Lipinski definition) is 2. The molecule has 1 aliphatic rings. The largest absolute Gasteiger partial charge is 0.463 e. The Hall–Kier alpha value is -4.57. The molecule has 0 spiro atoms. The lowest BCUT2D eigenvalue weighted by Gasteiger charge is -2.36. The number of imidazole rings is 1. The van der Waals surface area contributed by atoms with Gasteiger partial charge in [0.05, 0.1) is 23.0 Å². The molecule has 6 rings (SSSR count). The number of nitrogens with one attached hydrogen (secondary N) is 1. The molecule has 16 heteroatoms. The molecule has 1 aromatic carbocycles. The van der Waals surface area contributed by atoms with Crippen LogP contribution in [0.25, 0.3) is 28.1 Å². The molecule has 0 saturated carbocycles. The van der Waals surface area contributed by atoms with E-state index in [2.05, 4.69) is 20.3 Å². The van der Waals surface area contributed by atoms with Gasteiger partial charge >= 0.3 is 5.69 Å². The van der Waals surface area contributed by atoms with Crippen LogP contribution in [-0.4, -0.2) is 90.0 Å². The van der Waals surface area contributed by atoms with Gasteiger partial charge in [-0.25, -0.2) is 13.6 Å². The maximum atomic E-state index is 14.8. The third-order valence-electron chi connectivity index (χ3n) is 7.79. The molecule has 44 heavy (non-hydrogen) atoms. The van der Waals surface area contributed by atoms with Crippen molar-refractivity contribution in [2.75, 3.05) is 61.9 Å². The predicted octanol–water partition coefficient (Wildman–Crippen LogP) is 1.43. The average molecular weight is 628 g/mol. The van der Waals surface area contributed by atoms with Crippen molar-refractivity contribution in [3.05, 3.63) is 64.3 Å². The van der Waals surface area contributed by atoms with Crippen LogP contribution in [0.5, 0.6) is 0 Å². The molecule has 5 heterocycles. The van der Waals surface area contributed by atoms with E-state index in [0.29, 0.717) is 67.4 Å². The zero-order chi connectivity index (χ0) is 31.1. The number of carbonyl (C=O) groups is 1. The molecule has 1 amide bonds. The number of furan rings is 1. The summed E-state index contributed by atoms with van der Waals surface area (Å²) in [5.41, 5.74) is 8.09. The number of nitrogen functional groups attached to an aromatic ring is 1. The SMILES string of the molecule is Cn1c(=O)n(CCN2CCN(c3cc(C(=O)NCC[S@@](C)=O)c(F)cc3F)CC2)c2nc(N)n3nc(-c4ccco4)cc3c21. The molecule has 1 atom stereocenters. The van der Waals surface area contributed by atoms with Crippen molar-refractivity contribution >= 4 is 45.0 Å². The van der Waals surface area contributed by atoms with E-state index in [4.69, 9.17) is 10.2 Å². The Balaban J connectivity index is 1.16. The van der Waals surface area contributed by atoms with Gasteiger partial charge in [-0.05, 0) is 24.3 Å². The minimum absolute atomic E-state index is 0.119. The first-order valence-corrected chi connectivity index (χ1v) is 15.7. The fourth-order valence-corrected chi connectivity index (χ4v) is 5.87. The number of aryl methyl sites for hydroxylation is 1. The smallest absolute Gasteiger partial charge is 0.330 e. The number of rotatable bonds is 9. The van der Waals surface area contributed by atoms with Crippen molar-refractivity contribution in [1.82, 2.24) is 33.9 Å². The second-order valence-corrected chi connectivity index (χ2v) is 12.1. The lowest BCUT2D eigenvalue weighted by Crippen LogP contribution is -2.48. The van der Waals surface area contributed by atoms with E-state index < -0.39 is 28.3 Å². The molecule has 1 saturated heterocycles. The molecule has 4 aromatic heterocycles. The highest BCUT2D eigenvalue weighted by Gasteiger charge is 2.25. The molecule has 0 radical (unpaired) electrons. The van der Waals surface area contributed by atoms with Crippen LogP contribution in [0.3, 0.4) is 0 Å². The van der Waals surface area contributed by atoms with E-state index in [1.54, 1.807) is 41.0 Å². The Kier molecular flexibility index (Phi) is 7.94. The van der Waals surface area contributed by atoms with Crippen LogP contribution in [0.1, 0.15) is 10.4 Å². The van der Waals surface area contributed by atoms with Crippen LogP contribution in [0.2, 0.25) is 0 Å². The van der Waals surface area contributed by atoms with E-state index in [1.807, 2.05) is 0 Å². The topological polar surface area (TPSA) is 149 Å². The highest BCUT2D eigenvalue weighted by molar-refractivity contribution is 7.84. The molecule has 232 valence electrons. The monoisotopic (exact) mass is 627 g/mol. The molecular weight excluding hydrogens is 596 g/mol. The van der Waals surface area contributed by atoms with Crippen molar-refractivity contribution in [3.63, 3.8) is 0 Å². The fraction of sp³-hybridized carbons (Fsp3) is 0.357. The zero-order valence-corrected chi connectivity index (χ0v) is 24.9. The van der Waals surface area contributed by atoms with Gasteiger partial charge in [0, 0.05) is 81.7 Å². The van der Waals surface area contributed by atoms with Crippen molar-refractivity contribution in [3.8, 4) is 11.5 Å². The van der Waals surface area contributed by atoms with Gasteiger partial charge in [0.15, 0.2) is 11.4 Å². The Labute approximate surface area is 252 Å². The Bertz CT molecular complexity index is 1940. The van der Waals surface area contributed by atoms with Gasteiger partial charge in [0.25, 0.3) is 5.91 Å². The first-order chi connectivity index (χ1) is 21.1. The normalized spacial score (nSPS) is 15.0. The maximum absolute atomic E-state index is 14.8.